The zero-order valence-corrected chi connectivity index (χ0v) is 12.2. The highest BCUT2D eigenvalue weighted by molar-refractivity contribution is 4.83. The lowest BCUT2D eigenvalue weighted by Crippen LogP contribution is -2.33. The average Bonchev–Trinajstić information content (AvgIpc) is 2.20. The van der Waals surface area contributed by atoms with Crippen molar-refractivity contribution in [2.75, 3.05) is 19.7 Å². The zero-order valence-electron chi connectivity index (χ0n) is 12.2. The van der Waals surface area contributed by atoms with Crippen molar-refractivity contribution in [3.8, 4) is 0 Å². The van der Waals surface area contributed by atoms with Gasteiger partial charge in [-0.05, 0) is 56.5 Å². The lowest BCUT2D eigenvalue weighted by molar-refractivity contribution is -0.0233. The van der Waals surface area contributed by atoms with Gasteiger partial charge >= 0.3 is 0 Å². The smallest absolute Gasteiger partial charge is 0.0582 e. The first-order valence-electron chi connectivity index (χ1n) is 7.36. The minimum Gasteiger partial charge on any atom is -0.378 e. The largest absolute Gasteiger partial charge is 0.378 e. The van der Waals surface area contributed by atoms with Crippen LogP contribution in [0.2, 0.25) is 0 Å². The molecule has 1 N–H and O–H groups in total. The van der Waals surface area contributed by atoms with Gasteiger partial charge in [-0.1, -0.05) is 27.7 Å². The number of hydrogen-bond acceptors (Lipinski definition) is 2. The van der Waals surface area contributed by atoms with Crippen molar-refractivity contribution in [3.63, 3.8) is 0 Å². The van der Waals surface area contributed by atoms with Gasteiger partial charge in [-0.25, -0.2) is 0 Å². The highest BCUT2D eigenvalue weighted by Crippen LogP contribution is 2.39. The third-order valence-electron chi connectivity index (χ3n) is 3.62. The molecule has 1 rings (SSSR count). The molecule has 1 fully saturated rings. The van der Waals surface area contributed by atoms with Gasteiger partial charge in [0, 0.05) is 6.61 Å². The van der Waals surface area contributed by atoms with Crippen molar-refractivity contribution >= 4 is 0 Å². The predicted octanol–water partition coefficient (Wildman–Crippen LogP) is 3.61. The second kappa shape index (κ2) is 7.38. The molecule has 2 unspecified atom stereocenters. The van der Waals surface area contributed by atoms with E-state index >= 15 is 0 Å². The minimum absolute atomic E-state index is 0.475. The van der Waals surface area contributed by atoms with Crippen molar-refractivity contribution in [1.29, 1.82) is 0 Å². The Balaban J connectivity index is 2.10. The lowest BCUT2D eigenvalue weighted by Gasteiger charge is -2.38. The van der Waals surface area contributed by atoms with Crippen LogP contribution in [-0.2, 0) is 4.74 Å². The molecule has 102 valence electrons. The fourth-order valence-electron chi connectivity index (χ4n) is 3.13. The van der Waals surface area contributed by atoms with Crippen molar-refractivity contribution < 1.29 is 4.74 Å². The summed E-state index contributed by atoms with van der Waals surface area (Å²) in [6.45, 7) is 12.5. The maximum atomic E-state index is 6.03. The molecular weight excluding hydrogens is 210 g/mol. The van der Waals surface area contributed by atoms with Gasteiger partial charge in [0.25, 0.3) is 0 Å². The number of hydrogen-bond donors (Lipinski definition) is 1. The number of ether oxygens (including phenoxy) is 1. The van der Waals surface area contributed by atoms with Gasteiger partial charge in [0.05, 0.1) is 6.10 Å². The van der Waals surface area contributed by atoms with Gasteiger partial charge in [0.1, 0.15) is 0 Å². The van der Waals surface area contributed by atoms with Gasteiger partial charge in [0.15, 0.2) is 0 Å². The fraction of sp³-hybridized carbons (Fsp3) is 1.00. The Kier molecular flexibility index (Phi) is 6.50. The van der Waals surface area contributed by atoms with Crippen molar-refractivity contribution in [2.24, 2.45) is 11.3 Å². The molecule has 1 aliphatic rings. The summed E-state index contributed by atoms with van der Waals surface area (Å²) in [6.07, 6.45) is 6.71. The van der Waals surface area contributed by atoms with Gasteiger partial charge in [0.2, 0.25) is 0 Å². The first-order valence-corrected chi connectivity index (χ1v) is 7.36. The zero-order chi connectivity index (χ0) is 12.7. The molecule has 0 saturated heterocycles. The van der Waals surface area contributed by atoms with Crippen LogP contribution in [0, 0.1) is 11.3 Å². The maximum absolute atomic E-state index is 6.03. The van der Waals surface area contributed by atoms with Crippen LogP contribution in [-0.4, -0.2) is 25.8 Å². The standard InChI is InChI=1S/C15H31NO/c1-5-7-16-8-6-9-17-14-10-13(2)11-15(3,4)12-14/h13-14,16H,5-12H2,1-4H3. The van der Waals surface area contributed by atoms with Crippen LogP contribution in [0.25, 0.3) is 0 Å². The first-order chi connectivity index (χ1) is 8.03. The molecule has 0 aromatic carbocycles. The molecule has 17 heavy (non-hydrogen) atoms. The molecule has 2 heteroatoms. The van der Waals surface area contributed by atoms with E-state index in [1.54, 1.807) is 0 Å². The normalized spacial score (nSPS) is 28.2. The first kappa shape index (κ1) is 15.0. The average molecular weight is 241 g/mol. The molecule has 0 aromatic heterocycles. The quantitative estimate of drug-likeness (QED) is 0.688. The molecule has 1 aliphatic carbocycles. The molecule has 0 aliphatic heterocycles. The highest BCUT2D eigenvalue weighted by atomic mass is 16.5. The topological polar surface area (TPSA) is 21.3 Å². The Morgan fingerprint density at radius 2 is 2.00 bits per heavy atom. The van der Waals surface area contributed by atoms with E-state index in [2.05, 4.69) is 33.0 Å². The Morgan fingerprint density at radius 1 is 1.24 bits per heavy atom. The monoisotopic (exact) mass is 241 g/mol. The van der Waals surface area contributed by atoms with E-state index in [0.29, 0.717) is 11.5 Å². The van der Waals surface area contributed by atoms with E-state index < -0.39 is 0 Å². The van der Waals surface area contributed by atoms with Crippen LogP contribution >= 0.6 is 0 Å². The SMILES string of the molecule is CCCNCCCOC1CC(C)CC(C)(C)C1. The summed E-state index contributed by atoms with van der Waals surface area (Å²) in [5.74, 6) is 0.821. The summed E-state index contributed by atoms with van der Waals surface area (Å²) in [6, 6.07) is 0. The van der Waals surface area contributed by atoms with Crippen molar-refractivity contribution in [2.45, 2.75) is 65.9 Å². The van der Waals surface area contributed by atoms with E-state index in [0.717, 1.165) is 32.0 Å². The van der Waals surface area contributed by atoms with E-state index in [9.17, 15) is 0 Å². The summed E-state index contributed by atoms with van der Waals surface area (Å²) in [4.78, 5) is 0. The summed E-state index contributed by atoms with van der Waals surface area (Å²) in [5, 5.41) is 3.42. The molecule has 0 amide bonds. The Hall–Kier alpha value is -0.0800. The molecule has 1 saturated carbocycles. The third-order valence-corrected chi connectivity index (χ3v) is 3.62. The lowest BCUT2D eigenvalue weighted by atomic mass is 9.71. The summed E-state index contributed by atoms with van der Waals surface area (Å²) in [7, 11) is 0. The molecule has 0 heterocycles. The predicted molar refractivity (Wildman–Crippen MR) is 74.3 cm³/mol. The summed E-state index contributed by atoms with van der Waals surface area (Å²) < 4.78 is 6.03. The van der Waals surface area contributed by atoms with Crippen molar-refractivity contribution in [1.82, 2.24) is 5.32 Å². The van der Waals surface area contributed by atoms with E-state index in [1.807, 2.05) is 0 Å². The van der Waals surface area contributed by atoms with Crippen molar-refractivity contribution in [3.05, 3.63) is 0 Å². The Morgan fingerprint density at radius 3 is 2.65 bits per heavy atom. The van der Waals surface area contributed by atoms with Crippen LogP contribution in [0.15, 0.2) is 0 Å². The molecule has 2 atom stereocenters. The van der Waals surface area contributed by atoms with Crippen LogP contribution in [0.4, 0.5) is 0 Å². The second-order valence-corrected chi connectivity index (χ2v) is 6.51. The minimum atomic E-state index is 0.475. The molecule has 0 spiro atoms. The molecule has 0 bridgehead atoms. The van der Waals surface area contributed by atoms with Crippen LogP contribution in [0.1, 0.15) is 59.8 Å². The van der Waals surface area contributed by atoms with E-state index in [1.165, 1.54) is 25.7 Å². The van der Waals surface area contributed by atoms with Gasteiger partial charge in [-0.3, -0.25) is 0 Å². The van der Waals surface area contributed by atoms with Crippen LogP contribution < -0.4 is 5.32 Å². The van der Waals surface area contributed by atoms with E-state index in [4.69, 9.17) is 4.74 Å². The number of rotatable bonds is 7. The Labute approximate surface area is 108 Å². The van der Waals surface area contributed by atoms with Gasteiger partial charge < -0.3 is 10.1 Å². The van der Waals surface area contributed by atoms with Gasteiger partial charge in [-0.15, -0.1) is 0 Å². The summed E-state index contributed by atoms with van der Waals surface area (Å²) >= 11 is 0. The molecule has 0 radical (unpaired) electrons. The fourth-order valence-corrected chi connectivity index (χ4v) is 3.13. The molecular formula is C15H31NO. The van der Waals surface area contributed by atoms with E-state index in [-0.39, 0.29) is 0 Å². The molecule has 2 nitrogen and oxygen atoms in total. The molecule has 0 aromatic rings. The maximum Gasteiger partial charge on any atom is 0.0582 e. The second-order valence-electron chi connectivity index (χ2n) is 6.51. The van der Waals surface area contributed by atoms with Crippen LogP contribution in [0.3, 0.4) is 0 Å². The Bertz CT molecular complexity index is 203. The highest BCUT2D eigenvalue weighted by Gasteiger charge is 2.32. The van der Waals surface area contributed by atoms with Gasteiger partial charge in [-0.2, -0.15) is 0 Å². The van der Waals surface area contributed by atoms with Crippen LogP contribution in [0.5, 0.6) is 0 Å². The summed E-state index contributed by atoms with van der Waals surface area (Å²) in [5.41, 5.74) is 0.475. The third kappa shape index (κ3) is 6.42. The number of nitrogens with one attached hydrogen (secondary N) is 1.